The Morgan fingerprint density at radius 3 is 3.00 bits per heavy atom. The maximum atomic E-state index is 5.95. The molecule has 0 saturated heterocycles. The fourth-order valence-electron chi connectivity index (χ4n) is 1.54. The Balaban J connectivity index is 1.87. The second-order valence-corrected chi connectivity index (χ2v) is 4.08. The minimum atomic E-state index is 0.119. The van der Waals surface area contributed by atoms with E-state index in [2.05, 4.69) is 9.59 Å². The maximum absolute atomic E-state index is 5.95. The summed E-state index contributed by atoms with van der Waals surface area (Å²) in [5.41, 5.74) is 6.92. The highest BCUT2D eigenvalue weighted by Crippen LogP contribution is 2.33. The SMILES string of the molecule is NC(CC1CCC1)c1csnn1. The van der Waals surface area contributed by atoms with E-state index in [0.29, 0.717) is 0 Å². The van der Waals surface area contributed by atoms with Gasteiger partial charge in [0.15, 0.2) is 0 Å². The Labute approximate surface area is 76.1 Å². The highest BCUT2D eigenvalue weighted by molar-refractivity contribution is 7.03. The summed E-state index contributed by atoms with van der Waals surface area (Å²) in [6.07, 6.45) is 5.18. The molecule has 1 heterocycles. The van der Waals surface area contributed by atoms with Crippen LogP contribution < -0.4 is 5.73 Å². The van der Waals surface area contributed by atoms with Gasteiger partial charge in [-0.3, -0.25) is 0 Å². The Hall–Kier alpha value is -0.480. The molecular weight excluding hydrogens is 170 g/mol. The minimum absolute atomic E-state index is 0.119. The Morgan fingerprint density at radius 2 is 2.50 bits per heavy atom. The molecule has 1 fully saturated rings. The first kappa shape index (κ1) is 8.13. The van der Waals surface area contributed by atoms with Crippen LogP contribution in [0.15, 0.2) is 5.38 Å². The van der Waals surface area contributed by atoms with E-state index in [4.69, 9.17) is 5.73 Å². The number of hydrogen-bond acceptors (Lipinski definition) is 4. The lowest BCUT2D eigenvalue weighted by Gasteiger charge is -2.27. The van der Waals surface area contributed by atoms with Crippen LogP contribution >= 0.6 is 11.5 Å². The largest absolute Gasteiger partial charge is 0.323 e. The van der Waals surface area contributed by atoms with Crippen LogP contribution in [0.25, 0.3) is 0 Å². The first-order valence-electron chi connectivity index (χ1n) is 4.39. The van der Waals surface area contributed by atoms with Crippen molar-refractivity contribution in [1.29, 1.82) is 0 Å². The van der Waals surface area contributed by atoms with Gasteiger partial charge in [-0.1, -0.05) is 23.8 Å². The lowest BCUT2D eigenvalue weighted by atomic mass is 9.80. The summed E-state index contributed by atoms with van der Waals surface area (Å²) >= 11 is 1.38. The topological polar surface area (TPSA) is 51.8 Å². The van der Waals surface area contributed by atoms with E-state index in [-0.39, 0.29) is 6.04 Å². The van der Waals surface area contributed by atoms with Crippen molar-refractivity contribution >= 4 is 11.5 Å². The summed E-state index contributed by atoms with van der Waals surface area (Å²) < 4.78 is 3.81. The average molecular weight is 183 g/mol. The zero-order valence-corrected chi connectivity index (χ0v) is 7.76. The van der Waals surface area contributed by atoms with Crippen molar-refractivity contribution in [3.8, 4) is 0 Å². The van der Waals surface area contributed by atoms with Gasteiger partial charge in [0, 0.05) is 5.38 Å². The van der Waals surface area contributed by atoms with Gasteiger partial charge in [-0.2, -0.15) is 0 Å². The standard InChI is InChI=1S/C8H13N3S/c9-7(4-6-2-1-3-6)8-5-12-11-10-8/h5-7H,1-4,9H2. The molecule has 0 aromatic carbocycles. The molecule has 1 saturated carbocycles. The van der Waals surface area contributed by atoms with Crippen LogP contribution in [0.1, 0.15) is 37.4 Å². The minimum Gasteiger partial charge on any atom is -0.323 e. The third-order valence-electron chi connectivity index (χ3n) is 2.57. The van der Waals surface area contributed by atoms with E-state index >= 15 is 0 Å². The molecule has 1 aromatic rings. The molecule has 0 aliphatic heterocycles. The van der Waals surface area contributed by atoms with Gasteiger partial charge in [0.1, 0.15) is 0 Å². The zero-order chi connectivity index (χ0) is 8.39. The van der Waals surface area contributed by atoms with E-state index in [1.54, 1.807) is 0 Å². The van der Waals surface area contributed by atoms with E-state index in [1.807, 2.05) is 5.38 Å². The van der Waals surface area contributed by atoms with Crippen molar-refractivity contribution in [2.24, 2.45) is 11.7 Å². The average Bonchev–Trinajstić information content (AvgIpc) is 2.47. The molecule has 66 valence electrons. The maximum Gasteiger partial charge on any atom is 0.0922 e. The first-order valence-corrected chi connectivity index (χ1v) is 5.22. The molecule has 1 unspecified atom stereocenters. The summed E-state index contributed by atoms with van der Waals surface area (Å²) in [5.74, 6) is 0.849. The van der Waals surface area contributed by atoms with E-state index in [1.165, 1.54) is 30.8 Å². The molecule has 0 spiro atoms. The van der Waals surface area contributed by atoms with Gasteiger partial charge in [-0.15, -0.1) is 5.10 Å². The molecule has 3 nitrogen and oxygen atoms in total. The van der Waals surface area contributed by atoms with Gasteiger partial charge in [0.25, 0.3) is 0 Å². The van der Waals surface area contributed by atoms with Crippen LogP contribution in [0.2, 0.25) is 0 Å². The Morgan fingerprint density at radius 1 is 1.67 bits per heavy atom. The van der Waals surface area contributed by atoms with E-state index < -0.39 is 0 Å². The summed E-state index contributed by atoms with van der Waals surface area (Å²) in [6.45, 7) is 0. The number of aromatic nitrogens is 2. The van der Waals surface area contributed by atoms with Gasteiger partial charge >= 0.3 is 0 Å². The first-order chi connectivity index (χ1) is 5.86. The molecule has 2 rings (SSSR count). The molecule has 1 aromatic heterocycles. The lowest BCUT2D eigenvalue weighted by molar-refractivity contribution is 0.276. The van der Waals surface area contributed by atoms with Gasteiger partial charge < -0.3 is 5.73 Å². The summed E-state index contributed by atoms with van der Waals surface area (Å²) in [4.78, 5) is 0. The highest BCUT2D eigenvalue weighted by Gasteiger charge is 2.21. The fourth-order valence-corrected chi connectivity index (χ4v) is 2.06. The van der Waals surface area contributed by atoms with Gasteiger partial charge in [0.05, 0.1) is 11.7 Å². The molecule has 2 N–H and O–H groups in total. The van der Waals surface area contributed by atoms with E-state index in [9.17, 15) is 0 Å². The van der Waals surface area contributed by atoms with Crippen LogP contribution in [0.3, 0.4) is 0 Å². The number of nitrogens with two attached hydrogens (primary N) is 1. The predicted octanol–water partition coefficient (Wildman–Crippen LogP) is 1.73. The molecule has 0 bridgehead atoms. The molecule has 1 aliphatic carbocycles. The smallest absolute Gasteiger partial charge is 0.0922 e. The van der Waals surface area contributed by atoms with Crippen LogP contribution in [0.4, 0.5) is 0 Å². The quantitative estimate of drug-likeness (QED) is 0.776. The van der Waals surface area contributed by atoms with Crippen molar-refractivity contribution < 1.29 is 0 Å². The molecule has 0 radical (unpaired) electrons. The van der Waals surface area contributed by atoms with Crippen molar-refractivity contribution in [3.05, 3.63) is 11.1 Å². The summed E-state index contributed by atoms with van der Waals surface area (Å²) in [5, 5.41) is 5.92. The van der Waals surface area contributed by atoms with Crippen molar-refractivity contribution in [3.63, 3.8) is 0 Å². The number of rotatable bonds is 3. The third-order valence-corrected chi connectivity index (χ3v) is 3.09. The van der Waals surface area contributed by atoms with Crippen LogP contribution in [-0.2, 0) is 0 Å². The van der Waals surface area contributed by atoms with Crippen LogP contribution in [0.5, 0.6) is 0 Å². The van der Waals surface area contributed by atoms with Gasteiger partial charge in [-0.05, 0) is 23.9 Å². The van der Waals surface area contributed by atoms with Crippen molar-refractivity contribution in [2.45, 2.75) is 31.7 Å². The molecule has 0 amide bonds. The van der Waals surface area contributed by atoms with Gasteiger partial charge in [0.2, 0.25) is 0 Å². The lowest BCUT2D eigenvalue weighted by Crippen LogP contribution is -2.20. The normalized spacial score (nSPS) is 20.4. The Bertz CT molecular complexity index is 230. The van der Waals surface area contributed by atoms with Crippen LogP contribution in [0, 0.1) is 5.92 Å². The van der Waals surface area contributed by atoms with Crippen molar-refractivity contribution in [1.82, 2.24) is 9.59 Å². The fraction of sp³-hybridized carbons (Fsp3) is 0.750. The monoisotopic (exact) mass is 183 g/mol. The summed E-state index contributed by atoms with van der Waals surface area (Å²) in [6, 6.07) is 0.119. The molecule has 1 aliphatic rings. The number of hydrogen-bond donors (Lipinski definition) is 1. The van der Waals surface area contributed by atoms with E-state index in [0.717, 1.165) is 18.0 Å². The van der Waals surface area contributed by atoms with Gasteiger partial charge in [-0.25, -0.2) is 0 Å². The zero-order valence-electron chi connectivity index (χ0n) is 6.94. The molecule has 1 atom stereocenters. The number of nitrogens with zero attached hydrogens (tertiary/aromatic N) is 2. The summed E-state index contributed by atoms with van der Waals surface area (Å²) in [7, 11) is 0. The second kappa shape index (κ2) is 3.49. The molecule has 12 heavy (non-hydrogen) atoms. The second-order valence-electron chi connectivity index (χ2n) is 3.47. The van der Waals surface area contributed by atoms with Crippen molar-refractivity contribution in [2.75, 3.05) is 0 Å². The highest BCUT2D eigenvalue weighted by atomic mass is 32.1. The molecular formula is C8H13N3S. The third kappa shape index (κ3) is 1.64. The Kier molecular flexibility index (Phi) is 2.37. The van der Waals surface area contributed by atoms with Crippen LogP contribution in [-0.4, -0.2) is 9.59 Å². The molecule has 4 heteroatoms. The predicted molar refractivity (Wildman–Crippen MR) is 48.8 cm³/mol.